The second-order valence-electron chi connectivity index (χ2n) is 4.20. The van der Waals surface area contributed by atoms with Gasteiger partial charge in [-0.25, -0.2) is 0 Å². The van der Waals surface area contributed by atoms with E-state index in [2.05, 4.69) is 15.2 Å². The first-order valence-corrected chi connectivity index (χ1v) is 6.30. The van der Waals surface area contributed by atoms with E-state index in [1.54, 1.807) is 10.9 Å². The van der Waals surface area contributed by atoms with Crippen LogP contribution in [-0.2, 0) is 11.3 Å². The van der Waals surface area contributed by atoms with Crippen molar-refractivity contribution in [1.82, 2.24) is 19.9 Å². The number of hydrogen-bond donors (Lipinski definition) is 0. The molecule has 0 N–H and O–H groups in total. The maximum atomic E-state index is 6.09. The minimum atomic E-state index is 0.217. The Labute approximate surface area is 109 Å². The molecule has 0 radical (unpaired) electrons. The van der Waals surface area contributed by atoms with Crippen molar-refractivity contribution in [2.24, 2.45) is 0 Å². The van der Waals surface area contributed by atoms with Gasteiger partial charge >= 0.3 is 0 Å². The van der Waals surface area contributed by atoms with Crippen LogP contribution in [0.3, 0.4) is 0 Å². The van der Waals surface area contributed by atoms with Crippen molar-refractivity contribution in [1.29, 1.82) is 0 Å². The van der Waals surface area contributed by atoms with Gasteiger partial charge in [0.05, 0.1) is 11.6 Å². The average Bonchev–Trinajstić information content (AvgIpc) is 3.08. The smallest absolute Gasteiger partial charge is 0.279 e. The quantitative estimate of drug-likeness (QED) is 0.853. The highest BCUT2D eigenvalue weighted by atomic mass is 35.5. The first-order valence-electron chi connectivity index (χ1n) is 5.92. The van der Waals surface area contributed by atoms with Gasteiger partial charge in [-0.05, 0) is 13.3 Å². The van der Waals surface area contributed by atoms with E-state index in [0.29, 0.717) is 29.0 Å². The third-order valence-corrected chi connectivity index (χ3v) is 3.26. The largest absolute Gasteiger partial charge is 0.381 e. The second kappa shape index (κ2) is 4.70. The Morgan fingerprint density at radius 1 is 1.56 bits per heavy atom. The normalized spacial score (nSPS) is 19.6. The lowest BCUT2D eigenvalue weighted by atomic mass is 10.1. The molecule has 2 aromatic heterocycles. The maximum absolute atomic E-state index is 6.09. The zero-order valence-corrected chi connectivity index (χ0v) is 10.7. The van der Waals surface area contributed by atoms with E-state index in [4.69, 9.17) is 20.9 Å². The molecule has 0 unspecified atom stereocenters. The third kappa shape index (κ3) is 2.02. The van der Waals surface area contributed by atoms with E-state index in [0.717, 1.165) is 19.6 Å². The van der Waals surface area contributed by atoms with Crippen molar-refractivity contribution in [3.8, 4) is 11.6 Å². The van der Waals surface area contributed by atoms with E-state index in [1.807, 2.05) is 6.92 Å². The van der Waals surface area contributed by atoms with Gasteiger partial charge in [0.1, 0.15) is 0 Å². The molecule has 3 rings (SSSR count). The van der Waals surface area contributed by atoms with Crippen molar-refractivity contribution in [3.05, 3.63) is 17.0 Å². The van der Waals surface area contributed by atoms with Gasteiger partial charge in [-0.15, -0.1) is 0 Å². The highest BCUT2D eigenvalue weighted by Gasteiger charge is 2.24. The summed E-state index contributed by atoms with van der Waals surface area (Å²) in [5.41, 5.74) is 0.538. The van der Waals surface area contributed by atoms with Gasteiger partial charge in [0.15, 0.2) is 11.5 Å². The molecule has 6 nitrogen and oxygen atoms in total. The summed E-state index contributed by atoms with van der Waals surface area (Å²) in [5.74, 6) is 1.26. The van der Waals surface area contributed by atoms with Crippen molar-refractivity contribution in [2.45, 2.75) is 25.8 Å². The van der Waals surface area contributed by atoms with Gasteiger partial charge in [0.25, 0.3) is 5.89 Å². The fourth-order valence-corrected chi connectivity index (χ4v) is 2.17. The molecule has 18 heavy (non-hydrogen) atoms. The lowest BCUT2D eigenvalue weighted by Crippen LogP contribution is -1.99. The van der Waals surface area contributed by atoms with Gasteiger partial charge < -0.3 is 9.26 Å². The minimum absolute atomic E-state index is 0.217. The standard InChI is InChI=1S/C11H13ClN4O2/c1-2-16-5-8(12)9(14-16)11-13-10(15-18-11)7-3-4-17-6-7/h5,7H,2-4,6H2,1H3/t7-/m0/s1. The number of aromatic nitrogens is 4. The van der Waals surface area contributed by atoms with Gasteiger partial charge in [-0.3, -0.25) is 4.68 Å². The molecular weight excluding hydrogens is 256 g/mol. The van der Waals surface area contributed by atoms with Crippen LogP contribution < -0.4 is 0 Å². The van der Waals surface area contributed by atoms with Gasteiger partial charge in [-0.1, -0.05) is 16.8 Å². The highest BCUT2D eigenvalue weighted by Crippen LogP contribution is 2.28. The molecule has 0 aromatic carbocycles. The Morgan fingerprint density at radius 3 is 3.11 bits per heavy atom. The molecule has 0 spiro atoms. The molecular formula is C11H13ClN4O2. The Kier molecular flexibility index (Phi) is 3.05. The van der Waals surface area contributed by atoms with Crippen LogP contribution in [0.5, 0.6) is 0 Å². The number of aryl methyl sites for hydroxylation is 1. The van der Waals surface area contributed by atoms with E-state index in [1.165, 1.54) is 0 Å². The van der Waals surface area contributed by atoms with Crippen LogP contribution in [0.4, 0.5) is 0 Å². The fraction of sp³-hybridized carbons (Fsp3) is 0.545. The Hall–Kier alpha value is -1.40. The molecule has 0 saturated carbocycles. The van der Waals surface area contributed by atoms with E-state index < -0.39 is 0 Å². The molecule has 1 aliphatic heterocycles. The molecule has 1 saturated heterocycles. The first-order chi connectivity index (χ1) is 8.78. The summed E-state index contributed by atoms with van der Waals surface area (Å²) < 4.78 is 12.3. The van der Waals surface area contributed by atoms with Gasteiger partial charge in [0, 0.05) is 25.3 Å². The van der Waals surface area contributed by atoms with Crippen LogP contribution in [0.1, 0.15) is 25.1 Å². The zero-order valence-electron chi connectivity index (χ0n) is 9.97. The predicted molar refractivity (Wildman–Crippen MR) is 64.4 cm³/mol. The van der Waals surface area contributed by atoms with Crippen molar-refractivity contribution < 1.29 is 9.26 Å². The lowest BCUT2D eigenvalue weighted by molar-refractivity contribution is 0.192. The number of ether oxygens (including phenoxy) is 1. The van der Waals surface area contributed by atoms with E-state index in [-0.39, 0.29) is 5.92 Å². The van der Waals surface area contributed by atoms with Crippen LogP contribution in [0.15, 0.2) is 10.7 Å². The second-order valence-corrected chi connectivity index (χ2v) is 4.61. The molecule has 0 aliphatic carbocycles. The van der Waals surface area contributed by atoms with Crippen molar-refractivity contribution >= 4 is 11.6 Å². The monoisotopic (exact) mass is 268 g/mol. The zero-order chi connectivity index (χ0) is 12.5. The minimum Gasteiger partial charge on any atom is -0.381 e. The summed E-state index contributed by atoms with van der Waals surface area (Å²) >= 11 is 6.09. The molecule has 0 bridgehead atoms. The SMILES string of the molecule is CCn1cc(Cl)c(-c2nc([C@H]3CCOC3)no2)n1. The van der Waals surface area contributed by atoms with Crippen molar-refractivity contribution in [2.75, 3.05) is 13.2 Å². The summed E-state index contributed by atoms with van der Waals surface area (Å²) in [4.78, 5) is 4.35. The Morgan fingerprint density at radius 2 is 2.44 bits per heavy atom. The fourth-order valence-electron chi connectivity index (χ4n) is 1.94. The molecule has 1 fully saturated rings. The molecule has 0 amide bonds. The van der Waals surface area contributed by atoms with E-state index >= 15 is 0 Å². The van der Waals surface area contributed by atoms with Crippen LogP contribution in [0.2, 0.25) is 5.02 Å². The topological polar surface area (TPSA) is 66.0 Å². The molecule has 96 valence electrons. The maximum Gasteiger partial charge on any atom is 0.279 e. The van der Waals surface area contributed by atoms with Crippen molar-refractivity contribution in [3.63, 3.8) is 0 Å². The number of nitrogens with zero attached hydrogens (tertiary/aromatic N) is 4. The average molecular weight is 269 g/mol. The van der Waals surface area contributed by atoms with Crippen LogP contribution in [0.25, 0.3) is 11.6 Å². The van der Waals surface area contributed by atoms with Gasteiger partial charge in [-0.2, -0.15) is 10.1 Å². The predicted octanol–water partition coefficient (Wildman–Crippen LogP) is 2.11. The molecule has 3 heterocycles. The molecule has 7 heteroatoms. The Bertz CT molecular complexity index is 545. The summed E-state index contributed by atoms with van der Waals surface area (Å²) in [5, 5.41) is 8.80. The summed E-state index contributed by atoms with van der Waals surface area (Å²) in [6.07, 6.45) is 2.68. The number of rotatable bonds is 3. The molecule has 2 aromatic rings. The highest BCUT2D eigenvalue weighted by molar-refractivity contribution is 6.32. The molecule has 1 atom stereocenters. The van der Waals surface area contributed by atoms with Crippen LogP contribution in [-0.4, -0.2) is 33.1 Å². The third-order valence-electron chi connectivity index (χ3n) is 2.98. The van der Waals surface area contributed by atoms with Crippen LogP contribution in [0, 0.1) is 0 Å². The summed E-state index contributed by atoms with van der Waals surface area (Å²) in [6, 6.07) is 0. The Balaban J connectivity index is 1.89. The van der Waals surface area contributed by atoms with Gasteiger partial charge in [0.2, 0.25) is 0 Å². The first kappa shape index (κ1) is 11.7. The van der Waals surface area contributed by atoms with E-state index in [9.17, 15) is 0 Å². The number of halogens is 1. The number of hydrogen-bond acceptors (Lipinski definition) is 5. The summed E-state index contributed by atoms with van der Waals surface area (Å²) in [7, 11) is 0. The summed E-state index contributed by atoms with van der Waals surface area (Å²) in [6.45, 7) is 4.13. The molecule has 1 aliphatic rings. The van der Waals surface area contributed by atoms with Crippen LogP contribution >= 0.6 is 11.6 Å². The lowest BCUT2D eigenvalue weighted by Gasteiger charge is -1.97.